The summed E-state index contributed by atoms with van der Waals surface area (Å²) < 4.78 is 5.43. The molecule has 0 aliphatic carbocycles. The summed E-state index contributed by atoms with van der Waals surface area (Å²) in [5.41, 5.74) is 8.43. The van der Waals surface area contributed by atoms with Crippen molar-refractivity contribution >= 4 is 0 Å². The fourth-order valence-electron chi connectivity index (χ4n) is 2.07. The maximum absolute atomic E-state index is 6.31. The first kappa shape index (κ1) is 13.6. The minimum atomic E-state index is -0.0643. The molecule has 0 bridgehead atoms. The molecule has 19 heavy (non-hydrogen) atoms. The van der Waals surface area contributed by atoms with Crippen molar-refractivity contribution in [2.75, 3.05) is 6.61 Å². The molecule has 3 heteroatoms. The van der Waals surface area contributed by atoms with E-state index in [4.69, 9.17) is 10.5 Å². The van der Waals surface area contributed by atoms with Crippen molar-refractivity contribution in [3.8, 4) is 5.75 Å². The van der Waals surface area contributed by atoms with E-state index in [0.717, 1.165) is 17.0 Å². The van der Waals surface area contributed by atoms with Gasteiger partial charge >= 0.3 is 0 Å². The number of rotatable bonds is 5. The Labute approximate surface area is 114 Å². The third-order valence-electron chi connectivity index (χ3n) is 3.27. The van der Waals surface area contributed by atoms with Crippen LogP contribution in [0.5, 0.6) is 5.75 Å². The first-order valence-corrected chi connectivity index (χ1v) is 6.61. The van der Waals surface area contributed by atoms with Gasteiger partial charge in [-0.1, -0.05) is 25.1 Å². The summed E-state index contributed by atoms with van der Waals surface area (Å²) in [5.74, 6) is 1.06. The van der Waals surface area contributed by atoms with Crippen LogP contribution in [0.3, 0.4) is 0 Å². The van der Waals surface area contributed by atoms with Crippen molar-refractivity contribution in [3.05, 3.63) is 59.9 Å². The van der Waals surface area contributed by atoms with Crippen LogP contribution in [0.25, 0.3) is 0 Å². The molecule has 0 radical (unpaired) electrons. The molecule has 1 aromatic carbocycles. The topological polar surface area (TPSA) is 48.1 Å². The van der Waals surface area contributed by atoms with Gasteiger partial charge in [-0.15, -0.1) is 0 Å². The SMILES string of the molecule is CCOc1ccc(C(N)C(C)c2ccccn2)cc1. The minimum absolute atomic E-state index is 0.0643. The molecule has 0 saturated carbocycles. The van der Waals surface area contributed by atoms with Crippen LogP contribution >= 0.6 is 0 Å². The van der Waals surface area contributed by atoms with E-state index in [1.165, 1.54) is 0 Å². The Hall–Kier alpha value is -1.87. The van der Waals surface area contributed by atoms with Gasteiger partial charge in [-0.2, -0.15) is 0 Å². The molecule has 1 heterocycles. The molecule has 1 aromatic heterocycles. The van der Waals surface area contributed by atoms with E-state index in [1.807, 2.05) is 49.4 Å². The average Bonchev–Trinajstić information content (AvgIpc) is 2.48. The summed E-state index contributed by atoms with van der Waals surface area (Å²) in [5, 5.41) is 0. The zero-order chi connectivity index (χ0) is 13.7. The maximum atomic E-state index is 6.31. The predicted octanol–water partition coefficient (Wildman–Crippen LogP) is 3.28. The third-order valence-corrected chi connectivity index (χ3v) is 3.27. The summed E-state index contributed by atoms with van der Waals surface area (Å²) in [6, 6.07) is 13.8. The summed E-state index contributed by atoms with van der Waals surface area (Å²) in [6.45, 7) is 4.75. The molecule has 0 aliphatic heterocycles. The molecule has 2 aromatic rings. The van der Waals surface area contributed by atoms with E-state index < -0.39 is 0 Å². The maximum Gasteiger partial charge on any atom is 0.119 e. The van der Waals surface area contributed by atoms with E-state index in [2.05, 4.69) is 11.9 Å². The molecule has 0 saturated heterocycles. The second-order valence-electron chi connectivity index (χ2n) is 4.57. The highest BCUT2D eigenvalue weighted by atomic mass is 16.5. The Balaban J connectivity index is 2.12. The first-order valence-electron chi connectivity index (χ1n) is 6.61. The van der Waals surface area contributed by atoms with Crippen LogP contribution in [0.4, 0.5) is 0 Å². The molecule has 2 N–H and O–H groups in total. The van der Waals surface area contributed by atoms with Crippen LogP contribution in [-0.2, 0) is 0 Å². The van der Waals surface area contributed by atoms with E-state index in [0.29, 0.717) is 6.61 Å². The lowest BCUT2D eigenvalue weighted by molar-refractivity contribution is 0.340. The lowest BCUT2D eigenvalue weighted by Gasteiger charge is -2.20. The number of hydrogen-bond acceptors (Lipinski definition) is 3. The fourth-order valence-corrected chi connectivity index (χ4v) is 2.07. The van der Waals surface area contributed by atoms with E-state index >= 15 is 0 Å². The van der Waals surface area contributed by atoms with Gasteiger partial charge in [0.25, 0.3) is 0 Å². The first-order chi connectivity index (χ1) is 9.22. The second-order valence-corrected chi connectivity index (χ2v) is 4.57. The molecular formula is C16H20N2O. The highest BCUT2D eigenvalue weighted by Crippen LogP contribution is 2.28. The summed E-state index contributed by atoms with van der Waals surface area (Å²) >= 11 is 0. The van der Waals surface area contributed by atoms with Crippen molar-refractivity contribution in [2.45, 2.75) is 25.8 Å². The van der Waals surface area contributed by atoms with Gasteiger partial charge in [0.15, 0.2) is 0 Å². The van der Waals surface area contributed by atoms with Gasteiger partial charge in [-0.05, 0) is 36.8 Å². The summed E-state index contributed by atoms with van der Waals surface area (Å²) in [6.07, 6.45) is 1.80. The Morgan fingerprint density at radius 3 is 2.47 bits per heavy atom. The van der Waals surface area contributed by atoms with E-state index in [1.54, 1.807) is 6.20 Å². The van der Waals surface area contributed by atoms with Crippen LogP contribution in [0.15, 0.2) is 48.7 Å². The zero-order valence-electron chi connectivity index (χ0n) is 11.4. The molecule has 0 amide bonds. The fraction of sp³-hybridized carbons (Fsp3) is 0.312. The van der Waals surface area contributed by atoms with Crippen LogP contribution in [-0.4, -0.2) is 11.6 Å². The number of hydrogen-bond donors (Lipinski definition) is 1. The summed E-state index contributed by atoms with van der Waals surface area (Å²) in [4.78, 5) is 4.37. The highest BCUT2D eigenvalue weighted by Gasteiger charge is 2.17. The van der Waals surface area contributed by atoms with Gasteiger partial charge < -0.3 is 10.5 Å². The number of nitrogens with zero attached hydrogens (tertiary/aromatic N) is 1. The Kier molecular flexibility index (Phi) is 4.53. The molecule has 3 nitrogen and oxygen atoms in total. The summed E-state index contributed by atoms with van der Waals surface area (Å²) in [7, 11) is 0. The van der Waals surface area contributed by atoms with E-state index in [-0.39, 0.29) is 12.0 Å². The number of nitrogens with two attached hydrogens (primary N) is 1. The molecule has 0 spiro atoms. The Bertz CT molecular complexity index is 496. The predicted molar refractivity (Wildman–Crippen MR) is 77.2 cm³/mol. The smallest absolute Gasteiger partial charge is 0.119 e. The minimum Gasteiger partial charge on any atom is -0.494 e. The molecule has 2 rings (SSSR count). The Morgan fingerprint density at radius 1 is 1.16 bits per heavy atom. The van der Waals surface area contributed by atoms with Gasteiger partial charge in [0.05, 0.1) is 6.61 Å². The largest absolute Gasteiger partial charge is 0.494 e. The normalized spacial score (nSPS) is 13.8. The molecule has 0 aliphatic rings. The van der Waals surface area contributed by atoms with Crippen molar-refractivity contribution < 1.29 is 4.74 Å². The van der Waals surface area contributed by atoms with Gasteiger partial charge in [0, 0.05) is 23.9 Å². The molecule has 2 unspecified atom stereocenters. The van der Waals surface area contributed by atoms with Crippen molar-refractivity contribution in [3.63, 3.8) is 0 Å². The van der Waals surface area contributed by atoms with Gasteiger partial charge in [0.2, 0.25) is 0 Å². The number of aromatic nitrogens is 1. The van der Waals surface area contributed by atoms with Crippen LogP contribution < -0.4 is 10.5 Å². The lowest BCUT2D eigenvalue weighted by atomic mass is 9.92. The zero-order valence-corrected chi connectivity index (χ0v) is 11.4. The average molecular weight is 256 g/mol. The number of pyridine rings is 1. The van der Waals surface area contributed by atoms with Crippen molar-refractivity contribution in [1.29, 1.82) is 0 Å². The number of ether oxygens (including phenoxy) is 1. The highest BCUT2D eigenvalue weighted by molar-refractivity contribution is 5.31. The standard InChI is InChI=1S/C16H20N2O/c1-3-19-14-9-7-13(8-10-14)16(17)12(2)15-6-4-5-11-18-15/h4-12,16H,3,17H2,1-2H3. The Morgan fingerprint density at radius 2 is 1.89 bits per heavy atom. The third kappa shape index (κ3) is 3.32. The molecule has 100 valence electrons. The van der Waals surface area contributed by atoms with Crippen molar-refractivity contribution in [1.82, 2.24) is 4.98 Å². The molecular weight excluding hydrogens is 236 g/mol. The van der Waals surface area contributed by atoms with Crippen LogP contribution in [0.1, 0.15) is 37.1 Å². The van der Waals surface area contributed by atoms with Gasteiger partial charge in [-0.3, -0.25) is 4.98 Å². The van der Waals surface area contributed by atoms with Gasteiger partial charge in [0.1, 0.15) is 5.75 Å². The van der Waals surface area contributed by atoms with Crippen LogP contribution in [0.2, 0.25) is 0 Å². The van der Waals surface area contributed by atoms with Crippen LogP contribution in [0, 0.1) is 0 Å². The quantitative estimate of drug-likeness (QED) is 0.893. The monoisotopic (exact) mass is 256 g/mol. The van der Waals surface area contributed by atoms with Crippen molar-refractivity contribution in [2.24, 2.45) is 5.73 Å². The molecule has 0 fully saturated rings. The number of benzene rings is 1. The molecule has 2 atom stereocenters. The second kappa shape index (κ2) is 6.34. The van der Waals surface area contributed by atoms with E-state index in [9.17, 15) is 0 Å². The lowest BCUT2D eigenvalue weighted by Crippen LogP contribution is -2.18. The van der Waals surface area contributed by atoms with Gasteiger partial charge in [-0.25, -0.2) is 0 Å².